The van der Waals surface area contributed by atoms with Gasteiger partial charge in [0.05, 0.1) is 6.54 Å². The van der Waals surface area contributed by atoms with Gasteiger partial charge in [0, 0.05) is 25.5 Å². The Morgan fingerprint density at radius 1 is 1.10 bits per heavy atom. The summed E-state index contributed by atoms with van der Waals surface area (Å²) < 4.78 is 0. The molecule has 1 aliphatic heterocycles. The molecule has 1 saturated heterocycles. The van der Waals surface area contributed by atoms with E-state index in [9.17, 15) is 4.79 Å². The lowest BCUT2D eigenvalue weighted by molar-refractivity contribution is -1.01. The van der Waals surface area contributed by atoms with E-state index in [-0.39, 0.29) is 5.91 Å². The van der Waals surface area contributed by atoms with Crippen LogP contribution in [0.25, 0.3) is 0 Å². The van der Waals surface area contributed by atoms with Crippen LogP contribution >= 0.6 is 0 Å². The predicted molar refractivity (Wildman–Crippen MR) is 86.2 cm³/mol. The van der Waals surface area contributed by atoms with Crippen molar-refractivity contribution in [1.29, 1.82) is 0 Å². The van der Waals surface area contributed by atoms with Crippen LogP contribution in [0, 0.1) is 0 Å². The predicted octanol–water partition coefficient (Wildman–Crippen LogP) is -1.51. The molecule has 5 nitrogen and oxygen atoms in total. The average Bonchev–Trinajstić information content (AvgIpc) is 2.48. The van der Waals surface area contributed by atoms with Crippen LogP contribution in [-0.4, -0.2) is 59.3 Å². The monoisotopic (exact) mass is 292 g/mol. The molecule has 2 rings (SSSR count). The van der Waals surface area contributed by atoms with Crippen molar-refractivity contribution in [3.63, 3.8) is 0 Å². The summed E-state index contributed by atoms with van der Waals surface area (Å²) in [6.07, 6.45) is 0. The molecular weight excluding hydrogens is 264 g/mol. The number of anilines is 2. The molecule has 0 aliphatic carbocycles. The second kappa shape index (κ2) is 7.43. The Balaban J connectivity index is 1.79. The molecule has 1 aliphatic rings. The highest BCUT2D eigenvalue weighted by Gasteiger charge is 2.23. The highest BCUT2D eigenvalue weighted by atomic mass is 16.2. The molecule has 0 unspecified atom stereocenters. The number of nitrogens with zero attached hydrogens (tertiary/aromatic N) is 1. The van der Waals surface area contributed by atoms with Gasteiger partial charge < -0.3 is 20.0 Å². The summed E-state index contributed by atoms with van der Waals surface area (Å²) in [4.78, 5) is 17.2. The van der Waals surface area contributed by atoms with Crippen LogP contribution in [0.3, 0.4) is 0 Å². The van der Waals surface area contributed by atoms with Crippen LogP contribution in [0.2, 0.25) is 0 Å². The largest absolute Gasteiger partial charge is 0.378 e. The molecule has 21 heavy (non-hydrogen) atoms. The van der Waals surface area contributed by atoms with E-state index in [1.807, 2.05) is 43.3 Å². The molecule has 0 atom stereocenters. The molecule has 0 bridgehead atoms. The van der Waals surface area contributed by atoms with Crippen molar-refractivity contribution >= 4 is 17.3 Å². The number of benzene rings is 1. The van der Waals surface area contributed by atoms with E-state index in [0.29, 0.717) is 6.54 Å². The summed E-state index contributed by atoms with van der Waals surface area (Å²) >= 11 is 0. The van der Waals surface area contributed by atoms with Crippen LogP contribution in [0.15, 0.2) is 24.3 Å². The molecule has 0 saturated carbocycles. The fraction of sp³-hybridized carbons (Fsp3) is 0.562. The molecule has 1 aromatic rings. The third kappa shape index (κ3) is 4.72. The quantitative estimate of drug-likeness (QED) is 0.618. The summed E-state index contributed by atoms with van der Waals surface area (Å²) in [6, 6.07) is 7.96. The zero-order valence-electron chi connectivity index (χ0n) is 13.4. The molecule has 3 N–H and O–H groups in total. The third-order valence-corrected chi connectivity index (χ3v) is 4.24. The van der Waals surface area contributed by atoms with Gasteiger partial charge in [-0.3, -0.25) is 4.79 Å². The lowest BCUT2D eigenvalue weighted by atomic mass is 10.2. The smallest absolute Gasteiger partial charge is 0.279 e. The van der Waals surface area contributed by atoms with Gasteiger partial charge in [-0.15, -0.1) is 0 Å². The number of rotatable bonds is 5. The summed E-state index contributed by atoms with van der Waals surface area (Å²) in [6.45, 7) is 8.54. The van der Waals surface area contributed by atoms with Gasteiger partial charge in [-0.2, -0.15) is 0 Å². The summed E-state index contributed by atoms with van der Waals surface area (Å²) in [5.74, 6) is 0.113. The molecule has 1 fully saturated rings. The van der Waals surface area contributed by atoms with Crippen LogP contribution in [-0.2, 0) is 4.79 Å². The first-order chi connectivity index (χ1) is 10.1. The second-order valence-electron chi connectivity index (χ2n) is 6.02. The van der Waals surface area contributed by atoms with Crippen molar-refractivity contribution in [2.24, 2.45) is 0 Å². The van der Waals surface area contributed by atoms with E-state index in [4.69, 9.17) is 0 Å². The number of likely N-dealkylation sites (N-methyl/N-ethyl adjacent to an activating group) is 1. The number of amides is 1. The number of carbonyl (C=O) groups excluding carboxylic acids is 1. The Morgan fingerprint density at radius 2 is 1.67 bits per heavy atom. The van der Waals surface area contributed by atoms with E-state index in [0.717, 1.165) is 24.5 Å². The van der Waals surface area contributed by atoms with E-state index >= 15 is 0 Å². The topological polar surface area (TPSA) is 41.2 Å². The van der Waals surface area contributed by atoms with Crippen molar-refractivity contribution in [3.8, 4) is 0 Å². The van der Waals surface area contributed by atoms with Gasteiger partial charge >= 0.3 is 0 Å². The Labute approximate surface area is 127 Å². The Bertz CT molecular complexity index is 450. The lowest BCUT2D eigenvalue weighted by Gasteiger charge is -2.28. The fourth-order valence-corrected chi connectivity index (χ4v) is 2.76. The number of nitrogens with one attached hydrogen (secondary N) is 3. The molecular formula is C16H28N4O+2. The average molecular weight is 292 g/mol. The third-order valence-electron chi connectivity index (χ3n) is 4.24. The van der Waals surface area contributed by atoms with Gasteiger partial charge in [0.1, 0.15) is 26.2 Å². The van der Waals surface area contributed by atoms with Crippen molar-refractivity contribution in [3.05, 3.63) is 24.3 Å². The molecule has 0 radical (unpaired) electrons. The first kappa shape index (κ1) is 15.8. The Kier molecular flexibility index (Phi) is 5.59. The maximum absolute atomic E-state index is 12.1. The molecule has 116 valence electrons. The highest BCUT2D eigenvalue weighted by molar-refractivity contribution is 5.91. The van der Waals surface area contributed by atoms with E-state index in [2.05, 4.69) is 12.2 Å². The Hall–Kier alpha value is -1.59. The normalized spacial score (nSPS) is 21.9. The van der Waals surface area contributed by atoms with Crippen molar-refractivity contribution < 1.29 is 14.6 Å². The SMILES string of the molecule is CC[NH+]1CC[NH+](CC(=O)Nc2ccc(N(C)C)cc2)CC1. The van der Waals surface area contributed by atoms with Gasteiger partial charge in [0.15, 0.2) is 6.54 Å². The molecule has 1 heterocycles. The number of hydrogen-bond donors (Lipinski definition) is 3. The maximum Gasteiger partial charge on any atom is 0.279 e. The van der Waals surface area contributed by atoms with Gasteiger partial charge in [-0.25, -0.2) is 0 Å². The van der Waals surface area contributed by atoms with Gasteiger partial charge in [-0.05, 0) is 31.2 Å². The van der Waals surface area contributed by atoms with Crippen molar-refractivity contribution in [2.75, 3.05) is 63.6 Å². The highest BCUT2D eigenvalue weighted by Crippen LogP contribution is 2.15. The van der Waals surface area contributed by atoms with Crippen molar-refractivity contribution in [2.45, 2.75) is 6.92 Å². The fourth-order valence-electron chi connectivity index (χ4n) is 2.76. The van der Waals surface area contributed by atoms with Gasteiger partial charge in [-0.1, -0.05) is 0 Å². The van der Waals surface area contributed by atoms with Gasteiger partial charge in [0.2, 0.25) is 0 Å². The zero-order chi connectivity index (χ0) is 15.2. The first-order valence-corrected chi connectivity index (χ1v) is 7.83. The number of quaternary nitrogens is 2. The molecule has 1 amide bonds. The maximum atomic E-state index is 12.1. The number of piperazine rings is 1. The summed E-state index contributed by atoms with van der Waals surface area (Å²) in [5, 5.41) is 3.00. The van der Waals surface area contributed by atoms with Crippen molar-refractivity contribution in [1.82, 2.24) is 0 Å². The standard InChI is InChI=1S/C16H26N4O/c1-4-19-9-11-20(12-10-19)13-16(21)17-14-5-7-15(8-6-14)18(2)3/h5-8H,4,9-13H2,1-3H3,(H,17,21)/p+2. The summed E-state index contributed by atoms with van der Waals surface area (Å²) in [5.41, 5.74) is 2.01. The second-order valence-corrected chi connectivity index (χ2v) is 6.02. The summed E-state index contributed by atoms with van der Waals surface area (Å²) in [7, 11) is 4.02. The molecule has 0 aromatic heterocycles. The minimum atomic E-state index is 0.113. The van der Waals surface area contributed by atoms with E-state index in [1.54, 1.807) is 4.90 Å². The molecule has 1 aromatic carbocycles. The number of hydrogen-bond acceptors (Lipinski definition) is 2. The minimum Gasteiger partial charge on any atom is -0.378 e. The van der Waals surface area contributed by atoms with Gasteiger partial charge in [0.25, 0.3) is 5.91 Å². The van der Waals surface area contributed by atoms with Crippen LogP contribution in [0.5, 0.6) is 0 Å². The first-order valence-electron chi connectivity index (χ1n) is 7.83. The molecule has 0 spiro atoms. The lowest BCUT2D eigenvalue weighted by Crippen LogP contribution is -3.28. The molecule has 5 heteroatoms. The van der Waals surface area contributed by atoms with Crippen LogP contribution in [0.4, 0.5) is 11.4 Å². The number of carbonyl (C=O) groups is 1. The van der Waals surface area contributed by atoms with E-state index < -0.39 is 0 Å². The van der Waals surface area contributed by atoms with Crippen LogP contribution < -0.4 is 20.0 Å². The Morgan fingerprint density at radius 3 is 2.19 bits per heavy atom. The van der Waals surface area contributed by atoms with Crippen LogP contribution in [0.1, 0.15) is 6.92 Å². The minimum absolute atomic E-state index is 0.113. The zero-order valence-corrected chi connectivity index (χ0v) is 13.4. The van der Waals surface area contributed by atoms with E-state index in [1.165, 1.54) is 24.5 Å².